The highest BCUT2D eigenvalue weighted by atomic mass is 32.1. The highest BCUT2D eigenvalue weighted by Crippen LogP contribution is 2.32. The molecule has 0 saturated carbocycles. The number of nitrogens with zero attached hydrogens (tertiary/aromatic N) is 2. The van der Waals surface area contributed by atoms with Crippen LogP contribution in [0.2, 0.25) is 0 Å². The Morgan fingerprint density at radius 1 is 0.933 bits per heavy atom. The molecule has 6 nitrogen and oxygen atoms in total. The minimum Gasteiger partial charge on any atom is -0.497 e. The Hall–Kier alpha value is -3.32. The summed E-state index contributed by atoms with van der Waals surface area (Å²) >= 11 is 1.48. The fourth-order valence-corrected chi connectivity index (χ4v) is 4.28. The predicted octanol–water partition coefficient (Wildman–Crippen LogP) is 4.53. The average Bonchev–Trinajstić information content (AvgIpc) is 3.20. The number of ether oxygens (including phenoxy) is 3. The van der Waals surface area contributed by atoms with Gasteiger partial charge < -0.3 is 14.2 Å². The van der Waals surface area contributed by atoms with Gasteiger partial charge >= 0.3 is 0 Å². The number of hydrogen-bond acceptors (Lipinski definition) is 6. The first kappa shape index (κ1) is 20.0. The molecule has 0 radical (unpaired) electrons. The van der Waals surface area contributed by atoms with E-state index >= 15 is 0 Å². The Morgan fingerprint density at radius 3 is 2.17 bits per heavy atom. The number of hydrogen-bond donors (Lipinski definition) is 0. The second-order valence-electron chi connectivity index (χ2n) is 6.70. The Bertz CT molecular complexity index is 1210. The van der Waals surface area contributed by atoms with E-state index in [9.17, 15) is 4.79 Å². The third-order valence-corrected chi connectivity index (χ3v) is 5.80. The zero-order valence-electron chi connectivity index (χ0n) is 17.0. The van der Waals surface area contributed by atoms with E-state index in [0.717, 1.165) is 33.2 Å². The molecule has 4 aromatic rings. The van der Waals surface area contributed by atoms with Gasteiger partial charge in [0.2, 0.25) is 0 Å². The molecule has 0 unspecified atom stereocenters. The van der Waals surface area contributed by atoms with Gasteiger partial charge in [-0.1, -0.05) is 12.1 Å². The molecule has 0 spiro atoms. The molecule has 7 heteroatoms. The molecule has 154 valence electrons. The molecule has 0 saturated heterocycles. The van der Waals surface area contributed by atoms with Crippen molar-refractivity contribution in [3.05, 3.63) is 70.1 Å². The van der Waals surface area contributed by atoms with Crippen molar-refractivity contribution in [1.29, 1.82) is 0 Å². The maximum absolute atomic E-state index is 13.3. The lowest BCUT2D eigenvalue weighted by molar-refractivity contribution is 0.294. The quantitative estimate of drug-likeness (QED) is 0.438. The van der Waals surface area contributed by atoms with Gasteiger partial charge in [-0.05, 0) is 48.9 Å². The van der Waals surface area contributed by atoms with Crippen LogP contribution in [0.1, 0.15) is 5.82 Å². The van der Waals surface area contributed by atoms with Gasteiger partial charge in [0, 0.05) is 10.9 Å². The van der Waals surface area contributed by atoms with Gasteiger partial charge in [0.25, 0.3) is 5.56 Å². The summed E-state index contributed by atoms with van der Waals surface area (Å²) in [6.45, 7) is 2.63. The van der Waals surface area contributed by atoms with Crippen LogP contribution in [0.5, 0.6) is 17.2 Å². The van der Waals surface area contributed by atoms with Crippen molar-refractivity contribution in [3.63, 3.8) is 0 Å². The van der Waals surface area contributed by atoms with Crippen LogP contribution in [-0.4, -0.2) is 30.4 Å². The van der Waals surface area contributed by atoms with E-state index < -0.39 is 0 Å². The van der Waals surface area contributed by atoms with Crippen LogP contribution in [0.25, 0.3) is 21.3 Å². The van der Waals surface area contributed by atoms with E-state index in [1.54, 1.807) is 18.8 Å². The summed E-state index contributed by atoms with van der Waals surface area (Å²) in [6, 6.07) is 15.1. The van der Waals surface area contributed by atoms with Crippen molar-refractivity contribution in [2.45, 2.75) is 13.5 Å². The van der Waals surface area contributed by atoms with Crippen LogP contribution in [0.3, 0.4) is 0 Å². The van der Waals surface area contributed by atoms with Gasteiger partial charge in [-0.15, -0.1) is 11.3 Å². The molecule has 0 bridgehead atoms. The summed E-state index contributed by atoms with van der Waals surface area (Å²) in [6.07, 6.45) is 0. The highest BCUT2D eigenvalue weighted by Gasteiger charge is 2.15. The Kier molecular flexibility index (Phi) is 5.72. The Labute approximate surface area is 178 Å². The van der Waals surface area contributed by atoms with Crippen LogP contribution in [0.4, 0.5) is 0 Å². The molecule has 2 heterocycles. The lowest BCUT2D eigenvalue weighted by Crippen LogP contribution is -2.26. The number of benzene rings is 2. The molecule has 0 atom stereocenters. The van der Waals surface area contributed by atoms with E-state index in [0.29, 0.717) is 24.4 Å². The number of methoxy groups -OCH3 is 2. The molecule has 2 aromatic heterocycles. The van der Waals surface area contributed by atoms with E-state index in [2.05, 4.69) is 4.98 Å². The van der Waals surface area contributed by atoms with E-state index in [-0.39, 0.29) is 5.56 Å². The van der Waals surface area contributed by atoms with Crippen molar-refractivity contribution in [3.8, 4) is 28.4 Å². The molecule has 0 N–H and O–H groups in total. The van der Waals surface area contributed by atoms with Crippen LogP contribution >= 0.6 is 11.3 Å². The SMILES string of the molecule is COc1ccc(OCCn2c(C)nc3scc(-c4ccc(OC)cc4)c3c2=O)cc1. The maximum Gasteiger partial charge on any atom is 0.263 e. The minimum atomic E-state index is -0.0529. The molecule has 4 rings (SSSR count). The summed E-state index contributed by atoms with van der Waals surface area (Å²) in [5, 5.41) is 2.62. The van der Waals surface area contributed by atoms with Crippen molar-refractivity contribution in [2.75, 3.05) is 20.8 Å². The highest BCUT2D eigenvalue weighted by molar-refractivity contribution is 7.17. The smallest absolute Gasteiger partial charge is 0.263 e. The lowest BCUT2D eigenvalue weighted by Gasteiger charge is -2.12. The molecule has 0 fully saturated rings. The van der Waals surface area contributed by atoms with E-state index in [1.807, 2.05) is 60.8 Å². The topological polar surface area (TPSA) is 62.6 Å². The van der Waals surface area contributed by atoms with Crippen LogP contribution in [0.15, 0.2) is 58.7 Å². The summed E-state index contributed by atoms with van der Waals surface area (Å²) < 4.78 is 17.9. The van der Waals surface area contributed by atoms with Crippen molar-refractivity contribution in [2.24, 2.45) is 0 Å². The summed E-state index contributed by atoms with van der Waals surface area (Å²) in [4.78, 5) is 18.7. The van der Waals surface area contributed by atoms with Gasteiger partial charge in [-0.3, -0.25) is 9.36 Å². The van der Waals surface area contributed by atoms with Gasteiger partial charge in [-0.2, -0.15) is 0 Å². The van der Waals surface area contributed by atoms with Gasteiger partial charge in [0.05, 0.1) is 26.2 Å². The monoisotopic (exact) mass is 422 g/mol. The first-order valence-electron chi connectivity index (χ1n) is 9.50. The van der Waals surface area contributed by atoms with Crippen LogP contribution < -0.4 is 19.8 Å². The first-order chi connectivity index (χ1) is 14.6. The van der Waals surface area contributed by atoms with Gasteiger partial charge in [0.1, 0.15) is 34.5 Å². The second kappa shape index (κ2) is 8.59. The van der Waals surface area contributed by atoms with Crippen molar-refractivity contribution in [1.82, 2.24) is 9.55 Å². The number of rotatable bonds is 7. The maximum atomic E-state index is 13.3. The second-order valence-corrected chi connectivity index (χ2v) is 7.56. The molecule has 0 amide bonds. The van der Waals surface area contributed by atoms with Crippen molar-refractivity contribution < 1.29 is 14.2 Å². The fraction of sp³-hybridized carbons (Fsp3) is 0.217. The number of aromatic nitrogens is 2. The molecule has 0 aliphatic heterocycles. The number of fused-ring (bicyclic) bond motifs is 1. The fourth-order valence-electron chi connectivity index (χ4n) is 3.30. The van der Waals surface area contributed by atoms with Gasteiger partial charge in [0.15, 0.2) is 0 Å². The third kappa shape index (κ3) is 3.89. The summed E-state index contributed by atoms with van der Waals surface area (Å²) in [5.41, 5.74) is 1.80. The molecule has 30 heavy (non-hydrogen) atoms. The zero-order valence-corrected chi connectivity index (χ0v) is 17.9. The van der Waals surface area contributed by atoms with Crippen LogP contribution in [-0.2, 0) is 6.54 Å². The Morgan fingerprint density at radius 2 is 1.53 bits per heavy atom. The zero-order chi connectivity index (χ0) is 21.1. The molecule has 2 aromatic carbocycles. The minimum absolute atomic E-state index is 0.0529. The molecule has 0 aliphatic rings. The van der Waals surface area contributed by atoms with Gasteiger partial charge in [-0.25, -0.2) is 4.98 Å². The average molecular weight is 423 g/mol. The summed E-state index contributed by atoms with van der Waals surface area (Å²) in [7, 11) is 3.26. The summed E-state index contributed by atoms with van der Waals surface area (Å²) in [5.74, 6) is 2.95. The largest absolute Gasteiger partial charge is 0.497 e. The van der Waals surface area contributed by atoms with Crippen LogP contribution in [0, 0.1) is 6.92 Å². The lowest BCUT2D eigenvalue weighted by atomic mass is 10.1. The molecular weight excluding hydrogens is 400 g/mol. The molecular formula is C23H22N2O4S. The predicted molar refractivity (Wildman–Crippen MR) is 119 cm³/mol. The standard InChI is InChI=1S/C23H22N2O4S/c1-15-24-22-21(20(14-30-22)16-4-6-17(27-2)7-5-16)23(26)25(15)12-13-29-19-10-8-18(28-3)9-11-19/h4-11,14H,12-13H2,1-3H3. The van der Waals surface area contributed by atoms with E-state index in [1.165, 1.54) is 11.3 Å². The first-order valence-corrected chi connectivity index (χ1v) is 10.4. The number of aryl methyl sites for hydroxylation is 1. The normalized spacial score (nSPS) is 10.9. The van der Waals surface area contributed by atoms with E-state index in [4.69, 9.17) is 14.2 Å². The Balaban J connectivity index is 1.60. The van der Waals surface area contributed by atoms with Crippen molar-refractivity contribution >= 4 is 21.6 Å². The number of thiophene rings is 1. The third-order valence-electron chi connectivity index (χ3n) is 4.93. The molecule has 0 aliphatic carbocycles.